The Hall–Kier alpha value is -0.610. The molecule has 0 fully saturated rings. The van der Waals surface area contributed by atoms with Gasteiger partial charge in [-0.3, -0.25) is 0 Å². The molecule has 0 saturated carbocycles. The molecule has 0 unspecified atom stereocenters. The van der Waals surface area contributed by atoms with Crippen molar-refractivity contribution in [1.82, 2.24) is 9.55 Å². The quantitative estimate of drug-likeness (QED) is 0.588. The van der Waals surface area contributed by atoms with Crippen LogP contribution in [-0.2, 0) is 17.7 Å². The van der Waals surface area contributed by atoms with Crippen molar-refractivity contribution in [2.24, 2.45) is 5.92 Å². The molecule has 4 heteroatoms. The van der Waals surface area contributed by atoms with E-state index in [2.05, 4.69) is 30.3 Å². The first kappa shape index (κ1) is 13.5. The zero-order valence-electron chi connectivity index (χ0n) is 10.5. The van der Waals surface area contributed by atoms with Gasteiger partial charge in [-0.15, -0.1) is 0 Å². The van der Waals surface area contributed by atoms with E-state index < -0.39 is 0 Å². The van der Waals surface area contributed by atoms with E-state index in [-0.39, 0.29) is 0 Å². The van der Waals surface area contributed by atoms with Crippen LogP contribution in [0.15, 0.2) is 6.20 Å². The smallest absolute Gasteiger partial charge is 0.177 e. The molecule has 0 aliphatic carbocycles. The maximum atomic E-state index is 5.59. The Balaban J connectivity index is 2.31. The van der Waals surface area contributed by atoms with Gasteiger partial charge in [-0.25, -0.2) is 0 Å². The summed E-state index contributed by atoms with van der Waals surface area (Å²) in [5, 5.41) is 0. The molecule has 1 rings (SSSR count). The fourth-order valence-electron chi connectivity index (χ4n) is 1.55. The van der Waals surface area contributed by atoms with E-state index >= 15 is 0 Å². The van der Waals surface area contributed by atoms with Gasteiger partial charge in [0.15, 0.2) is 4.77 Å². The molecule has 1 heterocycles. The Labute approximate surface area is 103 Å². The predicted octanol–water partition coefficient (Wildman–Crippen LogP) is 3.17. The molecule has 1 aromatic rings. The second kappa shape index (κ2) is 6.86. The molecule has 0 spiro atoms. The number of aromatic nitrogens is 2. The van der Waals surface area contributed by atoms with E-state index in [1.807, 2.05) is 6.20 Å². The summed E-state index contributed by atoms with van der Waals surface area (Å²) in [6, 6.07) is 0. The van der Waals surface area contributed by atoms with Crippen LogP contribution in [0.5, 0.6) is 0 Å². The van der Waals surface area contributed by atoms with E-state index in [1.165, 1.54) is 5.69 Å². The lowest BCUT2D eigenvalue weighted by Crippen LogP contribution is -2.10. The van der Waals surface area contributed by atoms with Crippen molar-refractivity contribution in [3.8, 4) is 0 Å². The van der Waals surface area contributed by atoms with Crippen LogP contribution in [0.1, 0.15) is 32.9 Å². The molecule has 0 atom stereocenters. The maximum absolute atomic E-state index is 5.59. The highest BCUT2D eigenvalue weighted by Gasteiger charge is 2.01. The zero-order chi connectivity index (χ0) is 12.0. The van der Waals surface area contributed by atoms with Crippen molar-refractivity contribution in [1.29, 1.82) is 0 Å². The lowest BCUT2D eigenvalue weighted by atomic mass is 10.1. The summed E-state index contributed by atoms with van der Waals surface area (Å²) in [5.74, 6) is 0.709. The van der Waals surface area contributed by atoms with Gasteiger partial charge in [0.1, 0.15) is 0 Å². The summed E-state index contributed by atoms with van der Waals surface area (Å²) >= 11 is 5.21. The van der Waals surface area contributed by atoms with Crippen LogP contribution in [-0.4, -0.2) is 22.8 Å². The molecule has 1 N–H and O–H groups in total. The van der Waals surface area contributed by atoms with E-state index in [9.17, 15) is 0 Å². The zero-order valence-corrected chi connectivity index (χ0v) is 11.3. The SMILES string of the molecule is CCc1c[nH]c(=S)n1CCOCCC(C)C. The molecule has 16 heavy (non-hydrogen) atoms. The van der Waals surface area contributed by atoms with Gasteiger partial charge in [-0.2, -0.15) is 0 Å². The lowest BCUT2D eigenvalue weighted by Gasteiger charge is -2.09. The monoisotopic (exact) mass is 242 g/mol. The number of hydrogen-bond acceptors (Lipinski definition) is 2. The van der Waals surface area contributed by atoms with Gasteiger partial charge in [0.25, 0.3) is 0 Å². The second-order valence-corrected chi connectivity index (χ2v) is 4.77. The van der Waals surface area contributed by atoms with Crippen LogP contribution in [0.25, 0.3) is 0 Å². The van der Waals surface area contributed by atoms with Gasteiger partial charge in [-0.1, -0.05) is 20.8 Å². The highest BCUT2D eigenvalue weighted by atomic mass is 32.1. The maximum Gasteiger partial charge on any atom is 0.177 e. The number of imidazole rings is 1. The number of aromatic amines is 1. The summed E-state index contributed by atoms with van der Waals surface area (Å²) in [5.41, 5.74) is 1.25. The second-order valence-electron chi connectivity index (χ2n) is 4.39. The Morgan fingerprint density at radius 1 is 1.44 bits per heavy atom. The van der Waals surface area contributed by atoms with Crippen molar-refractivity contribution >= 4 is 12.2 Å². The van der Waals surface area contributed by atoms with Crippen molar-refractivity contribution in [3.05, 3.63) is 16.7 Å². The Bertz CT molecular complexity index is 354. The van der Waals surface area contributed by atoms with Crippen LogP contribution in [0.3, 0.4) is 0 Å². The van der Waals surface area contributed by atoms with E-state index in [1.54, 1.807) is 0 Å². The summed E-state index contributed by atoms with van der Waals surface area (Å²) in [6.45, 7) is 8.99. The average Bonchev–Trinajstić information content (AvgIpc) is 2.59. The summed E-state index contributed by atoms with van der Waals surface area (Å²) in [6.07, 6.45) is 4.11. The van der Waals surface area contributed by atoms with Gasteiger partial charge in [-0.05, 0) is 31.0 Å². The number of ether oxygens (including phenoxy) is 1. The van der Waals surface area contributed by atoms with Gasteiger partial charge in [0, 0.05) is 25.0 Å². The molecular weight excluding hydrogens is 220 g/mol. The Morgan fingerprint density at radius 2 is 2.19 bits per heavy atom. The lowest BCUT2D eigenvalue weighted by molar-refractivity contribution is 0.115. The van der Waals surface area contributed by atoms with Crippen LogP contribution < -0.4 is 0 Å². The highest BCUT2D eigenvalue weighted by molar-refractivity contribution is 7.71. The third-order valence-corrected chi connectivity index (χ3v) is 2.95. The molecule has 92 valence electrons. The summed E-state index contributed by atoms with van der Waals surface area (Å²) in [7, 11) is 0. The number of aryl methyl sites for hydroxylation is 1. The average molecular weight is 242 g/mol. The van der Waals surface area contributed by atoms with Crippen LogP contribution in [0.4, 0.5) is 0 Å². The third kappa shape index (κ3) is 4.10. The van der Waals surface area contributed by atoms with Gasteiger partial charge >= 0.3 is 0 Å². The van der Waals surface area contributed by atoms with Crippen LogP contribution >= 0.6 is 12.2 Å². The first-order valence-corrected chi connectivity index (χ1v) is 6.40. The van der Waals surface area contributed by atoms with Crippen LogP contribution in [0.2, 0.25) is 0 Å². The van der Waals surface area contributed by atoms with Crippen molar-refractivity contribution in [3.63, 3.8) is 0 Å². The minimum absolute atomic E-state index is 0.709. The molecule has 0 aliphatic heterocycles. The number of hydrogen-bond donors (Lipinski definition) is 1. The fourth-order valence-corrected chi connectivity index (χ4v) is 1.81. The predicted molar refractivity (Wildman–Crippen MR) is 69.3 cm³/mol. The summed E-state index contributed by atoms with van der Waals surface area (Å²) < 4.78 is 8.50. The standard InChI is InChI=1S/C12H22N2OS/c1-4-11-9-13-12(16)14(11)6-8-15-7-5-10(2)3/h9-10H,4-8H2,1-3H3,(H,13,16). The van der Waals surface area contributed by atoms with E-state index in [0.29, 0.717) is 5.92 Å². The molecule has 0 aromatic carbocycles. The molecule has 0 bridgehead atoms. The minimum atomic E-state index is 0.709. The largest absolute Gasteiger partial charge is 0.380 e. The van der Waals surface area contributed by atoms with E-state index in [4.69, 9.17) is 17.0 Å². The first-order valence-electron chi connectivity index (χ1n) is 6.00. The molecular formula is C12H22N2OS. The minimum Gasteiger partial charge on any atom is -0.380 e. The Morgan fingerprint density at radius 3 is 2.81 bits per heavy atom. The normalized spacial score (nSPS) is 11.2. The van der Waals surface area contributed by atoms with Gasteiger partial charge < -0.3 is 14.3 Å². The molecule has 0 saturated heterocycles. The van der Waals surface area contributed by atoms with Gasteiger partial charge in [0.05, 0.1) is 6.61 Å². The highest BCUT2D eigenvalue weighted by Crippen LogP contribution is 2.03. The van der Waals surface area contributed by atoms with E-state index in [0.717, 1.165) is 37.4 Å². The molecule has 0 amide bonds. The molecule has 0 radical (unpaired) electrons. The number of nitrogens with zero attached hydrogens (tertiary/aromatic N) is 1. The first-order chi connectivity index (χ1) is 7.65. The molecule has 1 aromatic heterocycles. The number of H-pyrrole nitrogens is 1. The Kier molecular flexibility index (Phi) is 5.77. The molecule has 3 nitrogen and oxygen atoms in total. The van der Waals surface area contributed by atoms with Crippen LogP contribution in [0, 0.1) is 10.7 Å². The van der Waals surface area contributed by atoms with Gasteiger partial charge in [0.2, 0.25) is 0 Å². The topological polar surface area (TPSA) is 29.9 Å². The van der Waals surface area contributed by atoms with Crippen molar-refractivity contribution < 1.29 is 4.74 Å². The molecule has 0 aliphatic rings. The fraction of sp³-hybridized carbons (Fsp3) is 0.750. The third-order valence-electron chi connectivity index (χ3n) is 2.62. The summed E-state index contributed by atoms with van der Waals surface area (Å²) in [4.78, 5) is 3.07. The van der Waals surface area contributed by atoms with Crippen molar-refractivity contribution in [2.75, 3.05) is 13.2 Å². The van der Waals surface area contributed by atoms with Crippen molar-refractivity contribution in [2.45, 2.75) is 40.2 Å². The number of nitrogens with one attached hydrogen (secondary N) is 1. The number of rotatable bonds is 7.